The van der Waals surface area contributed by atoms with Crippen LogP contribution in [0.25, 0.3) is 0 Å². The lowest BCUT2D eigenvalue weighted by Gasteiger charge is -2.29. The molecule has 18 heavy (non-hydrogen) atoms. The molecular formula is C16H23NO. The molecule has 3 rings (SSSR count). The maximum Gasteiger partial charge on any atom is 0.0830 e. The zero-order valence-electron chi connectivity index (χ0n) is 10.9. The number of rotatable bonds is 3. The Kier molecular flexibility index (Phi) is 3.67. The summed E-state index contributed by atoms with van der Waals surface area (Å²) >= 11 is 0. The van der Waals surface area contributed by atoms with Crippen LogP contribution in [0.5, 0.6) is 0 Å². The van der Waals surface area contributed by atoms with E-state index in [0.29, 0.717) is 5.92 Å². The Hall–Kier alpha value is -0.860. The molecule has 2 aliphatic rings. The van der Waals surface area contributed by atoms with Gasteiger partial charge in [0.15, 0.2) is 0 Å². The largest absolute Gasteiger partial charge is 0.388 e. The average molecular weight is 245 g/mol. The van der Waals surface area contributed by atoms with Crippen molar-refractivity contribution >= 4 is 0 Å². The lowest BCUT2D eigenvalue weighted by Crippen LogP contribution is -2.33. The second-order valence-corrected chi connectivity index (χ2v) is 5.85. The smallest absolute Gasteiger partial charge is 0.0830 e. The van der Waals surface area contributed by atoms with E-state index in [1.54, 1.807) is 0 Å². The zero-order valence-corrected chi connectivity index (χ0v) is 10.9. The highest BCUT2D eigenvalue weighted by atomic mass is 16.3. The van der Waals surface area contributed by atoms with Gasteiger partial charge in [-0.3, -0.25) is 0 Å². The Balaban J connectivity index is 1.67. The van der Waals surface area contributed by atoms with Crippen molar-refractivity contribution in [1.29, 1.82) is 0 Å². The fraction of sp³-hybridized carbons (Fsp3) is 0.625. The number of aliphatic hydroxyl groups excluding tert-OH is 1. The van der Waals surface area contributed by atoms with Crippen LogP contribution in [0.4, 0.5) is 0 Å². The van der Waals surface area contributed by atoms with Gasteiger partial charge in [-0.2, -0.15) is 0 Å². The highest BCUT2D eigenvalue weighted by Gasteiger charge is 2.24. The Labute approximate surface area is 109 Å². The number of aliphatic hydroxyl groups is 1. The van der Waals surface area contributed by atoms with Gasteiger partial charge in [-0.25, -0.2) is 0 Å². The van der Waals surface area contributed by atoms with E-state index in [-0.39, 0.29) is 6.10 Å². The minimum Gasteiger partial charge on any atom is -0.388 e. The molecule has 1 aromatic carbocycles. The van der Waals surface area contributed by atoms with Gasteiger partial charge >= 0.3 is 0 Å². The fourth-order valence-corrected chi connectivity index (χ4v) is 3.13. The number of hydrogen-bond acceptors (Lipinski definition) is 2. The predicted octanol–water partition coefficient (Wildman–Crippen LogP) is 2.99. The summed E-state index contributed by atoms with van der Waals surface area (Å²) in [6.07, 6.45) is 6.08. The summed E-state index contributed by atoms with van der Waals surface area (Å²) < 4.78 is 0. The van der Waals surface area contributed by atoms with Gasteiger partial charge in [-0.15, -0.1) is 0 Å². The van der Waals surface area contributed by atoms with Crippen LogP contribution in [0.15, 0.2) is 24.3 Å². The van der Waals surface area contributed by atoms with Crippen molar-refractivity contribution in [3.63, 3.8) is 0 Å². The maximum atomic E-state index is 10.4. The Bertz CT molecular complexity index is 377. The third-order valence-corrected chi connectivity index (χ3v) is 4.64. The van der Waals surface area contributed by atoms with E-state index >= 15 is 0 Å². The fourth-order valence-electron chi connectivity index (χ4n) is 3.13. The second kappa shape index (κ2) is 5.41. The van der Waals surface area contributed by atoms with E-state index in [1.807, 2.05) is 0 Å². The first-order valence-corrected chi connectivity index (χ1v) is 7.33. The third-order valence-electron chi connectivity index (χ3n) is 4.64. The van der Waals surface area contributed by atoms with E-state index in [1.165, 1.54) is 31.2 Å². The van der Waals surface area contributed by atoms with Crippen molar-refractivity contribution in [2.24, 2.45) is 5.92 Å². The summed E-state index contributed by atoms with van der Waals surface area (Å²) in [5, 5.41) is 13.8. The number of nitrogens with one attached hydrogen (secondary N) is 1. The lowest BCUT2D eigenvalue weighted by atomic mass is 9.79. The van der Waals surface area contributed by atoms with Crippen molar-refractivity contribution in [3.05, 3.63) is 35.4 Å². The van der Waals surface area contributed by atoms with Gasteiger partial charge in [0.1, 0.15) is 0 Å². The zero-order chi connectivity index (χ0) is 12.4. The van der Waals surface area contributed by atoms with Crippen LogP contribution < -0.4 is 5.32 Å². The summed E-state index contributed by atoms with van der Waals surface area (Å²) in [5.41, 5.74) is 2.55. The first-order valence-electron chi connectivity index (χ1n) is 7.33. The minimum atomic E-state index is -0.298. The van der Waals surface area contributed by atoms with Crippen molar-refractivity contribution < 1.29 is 5.11 Å². The molecule has 2 heteroatoms. The molecule has 2 nitrogen and oxygen atoms in total. The van der Waals surface area contributed by atoms with Crippen LogP contribution in [0, 0.1) is 5.92 Å². The third kappa shape index (κ3) is 2.45. The summed E-state index contributed by atoms with van der Waals surface area (Å²) in [7, 11) is 0. The molecule has 2 fully saturated rings. The summed E-state index contributed by atoms with van der Waals surface area (Å²) in [6, 6.07) is 8.71. The quantitative estimate of drug-likeness (QED) is 0.858. The van der Waals surface area contributed by atoms with Gasteiger partial charge in [0.2, 0.25) is 0 Å². The van der Waals surface area contributed by atoms with Gasteiger partial charge < -0.3 is 10.4 Å². The standard InChI is InChI=1S/C16H23NO/c18-16(15-5-2-10-17-11-15)14-8-6-13(7-9-14)12-3-1-4-12/h6-9,12,15-18H,1-5,10-11H2. The Morgan fingerprint density at radius 1 is 1.06 bits per heavy atom. The SMILES string of the molecule is OC(c1ccc(C2CCC2)cc1)C1CCCNC1. The molecule has 1 aliphatic carbocycles. The first kappa shape index (κ1) is 12.2. The molecule has 1 aromatic rings. The number of piperidine rings is 1. The van der Waals surface area contributed by atoms with Gasteiger partial charge in [-0.05, 0) is 49.3 Å². The summed E-state index contributed by atoms with van der Waals surface area (Å²) in [5.74, 6) is 1.17. The summed E-state index contributed by atoms with van der Waals surface area (Å²) in [6.45, 7) is 2.05. The van der Waals surface area contributed by atoms with Crippen LogP contribution in [0.1, 0.15) is 55.3 Å². The average Bonchev–Trinajstić information content (AvgIpc) is 2.38. The number of hydrogen-bond donors (Lipinski definition) is 2. The first-order chi connectivity index (χ1) is 8.84. The Morgan fingerprint density at radius 3 is 2.39 bits per heavy atom. The van der Waals surface area contributed by atoms with Crippen molar-refractivity contribution in [3.8, 4) is 0 Å². The molecule has 1 saturated carbocycles. The van der Waals surface area contributed by atoms with Gasteiger partial charge in [0, 0.05) is 12.5 Å². The molecule has 0 radical (unpaired) electrons. The summed E-state index contributed by atoms with van der Waals surface area (Å²) in [4.78, 5) is 0. The molecule has 0 amide bonds. The molecule has 98 valence electrons. The topological polar surface area (TPSA) is 32.3 Å². The molecular weight excluding hydrogens is 222 g/mol. The van der Waals surface area contributed by atoms with Gasteiger partial charge in [0.25, 0.3) is 0 Å². The normalized spacial score (nSPS) is 26.6. The van der Waals surface area contributed by atoms with Crippen LogP contribution in [0.3, 0.4) is 0 Å². The molecule has 1 heterocycles. The second-order valence-electron chi connectivity index (χ2n) is 5.85. The monoisotopic (exact) mass is 245 g/mol. The van der Waals surface area contributed by atoms with E-state index in [9.17, 15) is 5.11 Å². The lowest BCUT2D eigenvalue weighted by molar-refractivity contribution is 0.0921. The Morgan fingerprint density at radius 2 is 1.83 bits per heavy atom. The van der Waals surface area contributed by atoms with Crippen LogP contribution >= 0.6 is 0 Å². The number of benzene rings is 1. The highest BCUT2D eigenvalue weighted by molar-refractivity contribution is 5.28. The van der Waals surface area contributed by atoms with Crippen molar-refractivity contribution in [1.82, 2.24) is 5.32 Å². The molecule has 2 N–H and O–H groups in total. The van der Waals surface area contributed by atoms with E-state index in [0.717, 1.165) is 31.0 Å². The molecule has 2 atom stereocenters. The van der Waals surface area contributed by atoms with Crippen molar-refractivity contribution in [2.45, 2.75) is 44.1 Å². The molecule has 0 aromatic heterocycles. The van der Waals surface area contributed by atoms with Gasteiger partial charge in [0.05, 0.1) is 6.10 Å². The molecule has 0 spiro atoms. The highest BCUT2D eigenvalue weighted by Crippen LogP contribution is 2.37. The predicted molar refractivity (Wildman–Crippen MR) is 73.6 cm³/mol. The van der Waals surface area contributed by atoms with Crippen molar-refractivity contribution in [2.75, 3.05) is 13.1 Å². The molecule has 0 bridgehead atoms. The van der Waals surface area contributed by atoms with Crippen LogP contribution in [-0.4, -0.2) is 18.2 Å². The minimum absolute atomic E-state index is 0.298. The van der Waals surface area contributed by atoms with E-state index in [2.05, 4.69) is 29.6 Å². The van der Waals surface area contributed by atoms with Gasteiger partial charge in [-0.1, -0.05) is 30.7 Å². The molecule has 1 saturated heterocycles. The molecule has 2 unspecified atom stereocenters. The van der Waals surface area contributed by atoms with E-state index in [4.69, 9.17) is 0 Å². The van der Waals surface area contributed by atoms with Crippen LogP contribution in [-0.2, 0) is 0 Å². The van der Waals surface area contributed by atoms with E-state index < -0.39 is 0 Å². The maximum absolute atomic E-state index is 10.4. The van der Waals surface area contributed by atoms with Crippen LogP contribution in [0.2, 0.25) is 0 Å². The molecule has 1 aliphatic heterocycles.